The summed E-state index contributed by atoms with van der Waals surface area (Å²) in [6.45, 7) is 3.55. The lowest BCUT2D eigenvalue weighted by Crippen LogP contribution is -2.48. The lowest BCUT2D eigenvalue weighted by molar-refractivity contribution is -0.145. The van der Waals surface area contributed by atoms with E-state index < -0.39 is 29.6 Å². The van der Waals surface area contributed by atoms with Crippen LogP contribution in [0, 0.1) is 6.92 Å². The van der Waals surface area contributed by atoms with E-state index in [0.717, 1.165) is 17.3 Å². The van der Waals surface area contributed by atoms with Crippen LogP contribution in [0.5, 0.6) is 0 Å². The van der Waals surface area contributed by atoms with Gasteiger partial charge in [0, 0.05) is 51.7 Å². The fourth-order valence-corrected chi connectivity index (χ4v) is 4.61. The van der Waals surface area contributed by atoms with E-state index in [1.165, 1.54) is 16.0 Å². The van der Waals surface area contributed by atoms with Crippen LogP contribution in [0.25, 0.3) is 21.5 Å². The summed E-state index contributed by atoms with van der Waals surface area (Å²) in [5, 5.41) is 8.63. The van der Waals surface area contributed by atoms with Crippen molar-refractivity contribution in [1.29, 1.82) is 0 Å². The average Bonchev–Trinajstić information content (AvgIpc) is 3.42. The third kappa shape index (κ3) is 4.80. The van der Waals surface area contributed by atoms with E-state index >= 15 is 0 Å². The molecule has 0 aliphatic carbocycles. The molecule has 3 aromatic heterocycles. The molecule has 4 heterocycles. The minimum Gasteiger partial charge on any atom is -0.374 e. The number of nitrogens with zero attached hydrogens (tertiary/aromatic N) is 5. The van der Waals surface area contributed by atoms with Crippen LogP contribution in [0.2, 0.25) is 0 Å². The Balaban J connectivity index is 1.45. The van der Waals surface area contributed by atoms with Crippen LogP contribution >= 0.6 is 11.3 Å². The molecule has 1 aromatic carbocycles. The number of hydrogen-bond acceptors (Lipinski definition) is 7. The lowest BCUT2D eigenvalue weighted by Gasteiger charge is -2.33. The van der Waals surface area contributed by atoms with Gasteiger partial charge in [0.25, 0.3) is 5.91 Å². The van der Waals surface area contributed by atoms with E-state index in [1.54, 1.807) is 31.5 Å². The standard InChI is InChI=1S/C23H20F4N6O2S/c1-12-5-28-20(36-12)16-3-14(4-18-17(16)8-33(32-18)9-22(24)10-35-11-22)19(34)31-13(2)15-6-29-21(30-7-15)23(25,26)27/h3-8,13H,9-11H2,1-2H3,(H,31,34)/t13-/m1/s1. The molecule has 0 unspecified atom stereocenters. The zero-order valence-corrected chi connectivity index (χ0v) is 20.0. The number of nitrogens with one attached hydrogen (secondary N) is 1. The number of alkyl halides is 4. The summed E-state index contributed by atoms with van der Waals surface area (Å²) >= 11 is 1.45. The minimum absolute atomic E-state index is 0.000938. The summed E-state index contributed by atoms with van der Waals surface area (Å²) in [6.07, 6.45) is 0.865. The first-order chi connectivity index (χ1) is 17.0. The Labute approximate surface area is 206 Å². The van der Waals surface area contributed by atoms with Crippen molar-refractivity contribution < 1.29 is 27.1 Å². The average molecular weight is 521 g/mol. The van der Waals surface area contributed by atoms with Crippen molar-refractivity contribution in [2.45, 2.75) is 38.3 Å². The topological polar surface area (TPSA) is 94.8 Å². The van der Waals surface area contributed by atoms with Crippen LogP contribution in [0.3, 0.4) is 0 Å². The largest absolute Gasteiger partial charge is 0.451 e. The monoisotopic (exact) mass is 520 g/mol. The first-order valence-electron chi connectivity index (χ1n) is 10.9. The predicted octanol–water partition coefficient (Wildman–Crippen LogP) is 4.51. The second-order valence-corrected chi connectivity index (χ2v) is 9.97. The molecule has 1 fully saturated rings. The van der Waals surface area contributed by atoms with Crippen molar-refractivity contribution in [3.8, 4) is 10.6 Å². The third-order valence-electron chi connectivity index (χ3n) is 5.73. The molecule has 0 radical (unpaired) electrons. The van der Waals surface area contributed by atoms with Crippen molar-refractivity contribution in [2.75, 3.05) is 13.2 Å². The summed E-state index contributed by atoms with van der Waals surface area (Å²) in [4.78, 5) is 25.2. The second kappa shape index (κ2) is 8.89. The highest BCUT2D eigenvalue weighted by atomic mass is 32.1. The number of aryl methyl sites for hydroxylation is 1. The molecule has 1 N–H and O–H groups in total. The molecule has 13 heteroatoms. The molecule has 1 atom stereocenters. The molecule has 5 rings (SSSR count). The number of halogens is 4. The molecule has 1 aliphatic rings. The molecule has 1 amide bonds. The van der Waals surface area contributed by atoms with Crippen LogP contribution in [0.15, 0.2) is 36.9 Å². The van der Waals surface area contributed by atoms with Crippen molar-refractivity contribution in [3.05, 3.63) is 58.7 Å². The van der Waals surface area contributed by atoms with Crippen molar-refractivity contribution >= 4 is 28.1 Å². The van der Waals surface area contributed by atoms with Gasteiger partial charge in [-0.2, -0.15) is 18.3 Å². The van der Waals surface area contributed by atoms with Crippen LogP contribution in [0.1, 0.15) is 39.6 Å². The molecule has 1 aliphatic heterocycles. The first kappa shape index (κ1) is 24.3. The number of amides is 1. The van der Waals surface area contributed by atoms with Crippen molar-refractivity contribution in [1.82, 2.24) is 30.0 Å². The predicted molar refractivity (Wildman–Crippen MR) is 123 cm³/mol. The van der Waals surface area contributed by atoms with E-state index in [9.17, 15) is 22.4 Å². The molecular formula is C23H20F4N6O2S. The van der Waals surface area contributed by atoms with Crippen LogP contribution in [-0.2, 0) is 17.5 Å². The molecule has 0 bridgehead atoms. The summed E-state index contributed by atoms with van der Waals surface area (Å²) in [5.41, 5.74) is 0.259. The van der Waals surface area contributed by atoms with Gasteiger partial charge in [-0.05, 0) is 26.0 Å². The van der Waals surface area contributed by atoms with Crippen LogP contribution in [0.4, 0.5) is 17.6 Å². The molecule has 4 aromatic rings. The Hall–Kier alpha value is -3.45. The number of rotatable bonds is 6. The van der Waals surface area contributed by atoms with Gasteiger partial charge in [-0.1, -0.05) is 0 Å². The Kier molecular flexibility index (Phi) is 5.99. The van der Waals surface area contributed by atoms with Gasteiger partial charge >= 0.3 is 6.18 Å². The number of fused-ring (bicyclic) bond motifs is 1. The first-order valence-corrected chi connectivity index (χ1v) is 11.7. The molecular weight excluding hydrogens is 500 g/mol. The van der Waals surface area contributed by atoms with E-state index in [4.69, 9.17) is 4.74 Å². The number of carbonyl (C=O) groups excluding carboxylic acids is 1. The third-order valence-corrected chi connectivity index (χ3v) is 6.67. The SMILES string of the molecule is Cc1cnc(-c2cc(C(=O)N[C@H](C)c3cnc(C(F)(F)F)nc3)cc3nn(CC4(F)COC4)cc23)s1. The number of ether oxygens (including phenoxy) is 1. The van der Waals surface area contributed by atoms with E-state index in [1.807, 2.05) is 6.92 Å². The molecule has 8 nitrogen and oxygen atoms in total. The second-order valence-electron chi connectivity index (χ2n) is 8.74. The Morgan fingerprint density at radius 1 is 1.22 bits per heavy atom. The van der Waals surface area contributed by atoms with Gasteiger partial charge in [0.15, 0.2) is 5.67 Å². The number of benzene rings is 1. The molecule has 0 spiro atoms. The quantitative estimate of drug-likeness (QED) is 0.376. The number of thiazole rings is 1. The van der Waals surface area contributed by atoms with Crippen LogP contribution in [-0.4, -0.2) is 49.5 Å². The van der Waals surface area contributed by atoms with E-state index in [-0.39, 0.29) is 25.3 Å². The van der Waals surface area contributed by atoms with Gasteiger partial charge in [0.2, 0.25) is 5.82 Å². The molecule has 188 valence electrons. The maximum Gasteiger partial charge on any atom is 0.451 e. The number of aromatic nitrogens is 5. The smallest absolute Gasteiger partial charge is 0.374 e. The minimum atomic E-state index is -4.65. The van der Waals surface area contributed by atoms with Gasteiger partial charge in [-0.3, -0.25) is 9.48 Å². The Bertz CT molecular complexity index is 1430. The highest BCUT2D eigenvalue weighted by Crippen LogP contribution is 2.34. The molecule has 0 saturated carbocycles. The fourth-order valence-electron chi connectivity index (χ4n) is 3.82. The van der Waals surface area contributed by atoms with Crippen molar-refractivity contribution in [3.63, 3.8) is 0 Å². The van der Waals surface area contributed by atoms with Gasteiger partial charge in [0.05, 0.1) is 31.3 Å². The van der Waals surface area contributed by atoms with Gasteiger partial charge in [0.1, 0.15) is 5.01 Å². The summed E-state index contributed by atoms with van der Waals surface area (Å²) in [5.74, 6) is -1.72. The normalized spacial score (nSPS) is 16.1. The number of carbonyl (C=O) groups is 1. The maximum absolute atomic E-state index is 14.6. The highest BCUT2D eigenvalue weighted by molar-refractivity contribution is 7.15. The summed E-state index contributed by atoms with van der Waals surface area (Å²) in [7, 11) is 0. The van der Waals surface area contributed by atoms with E-state index in [0.29, 0.717) is 27.0 Å². The fraction of sp³-hybridized carbons (Fsp3) is 0.348. The Morgan fingerprint density at radius 3 is 2.53 bits per heavy atom. The van der Waals surface area contributed by atoms with Gasteiger partial charge in [-0.25, -0.2) is 19.3 Å². The summed E-state index contributed by atoms with van der Waals surface area (Å²) < 4.78 is 59.3. The number of hydrogen-bond donors (Lipinski definition) is 1. The van der Waals surface area contributed by atoms with Crippen molar-refractivity contribution in [2.24, 2.45) is 0 Å². The van der Waals surface area contributed by atoms with Gasteiger partial charge < -0.3 is 10.1 Å². The Morgan fingerprint density at radius 2 is 1.94 bits per heavy atom. The maximum atomic E-state index is 14.6. The zero-order chi connectivity index (χ0) is 25.7. The van der Waals surface area contributed by atoms with Gasteiger partial charge in [-0.15, -0.1) is 11.3 Å². The van der Waals surface area contributed by atoms with Crippen LogP contribution < -0.4 is 5.32 Å². The van der Waals surface area contributed by atoms with E-state index in [2.05, 4.69) is 25.4 Å². The zero-order valence-electron chi connectivity index (χ0n) is 19.1. The summed E-state index contributed by atoms with van der Waals surface area (Å²) in [6, 6.07) is 2.60. The molecule has 1 saturated heterocycles. The highest BCUT2D eigenvalue weighted by Gasteiger charge is 2.39. The molecule has 36 heavy (non-hydrogen) atoms. The lowest BCUT2D eigenvalue weighted by atomic mass is 10.0.